The van der Waals surface area contributed by atoms with Crippen LogP contribution in [0.15, 0.2) is 18.2 Å². The third-order valence-electron chi connectivity index (χ3n) is 2.66. The van der Waals surface area contributed by atoms with Crippen LogP contribution < -0.4 is 5.32 Å². The summed E-state index contributed by atoms with van der Waals surface area (Å²) in [5.74, 6) is -2.91. The Hall–Kier alpha value is -1.79. The highest BCUT2D eigenvalue weighted by Crippen LogP contribution is 2.21. The minimum absolute atomic E-state index is 0.0125. The average molecular weight is 334 g/mol. The molecule has 0 radical (unpaired) electrons. The van der Waals surface area contributed by atoms with Crippen molar-refractivity contribution in [1.82, 2.24) is 5.32 Å². The van der Waals surface area contributed by atoms with Gasteiger partial charge in [0.05, 0.1) is 10.6 Å². The van der Waals surface area contributed by atoms with Crippen LogP contribution in [0.25, 0.3) is 0 Å². The summed E-state index contributed by atoms with van der Waals surface area (Å²) >= 11 is 11.6. The van der Waals surface area contributed by atoms with E-state index >= 15 is 0 Å². The molecule has 0 saturated heterocycles. The molecule has 114 valence electrons. The van der Waals surface area contributed by atoms with Crippen molar-refractivity contribution in [3.63, 3.8) is 0 Å². The molecule has 0 saturated carbocycles. The molecule has 0 aliphatic rings. The zero-order chi connectivity index (χ0) is 16.0. The first-order valence-corrected chi connectivity index (χ1v) is 6.77. The molecule has 0 aromatic heterocycles. The van der Waals surface area contributed by atoms with Crippen LogP contribution in [0.2, 0.25) is 10.0 Å². The van der Waals surface area contributed by atoms with Crippen LogP contribution in [0.3, 0.4) is 0 Å². The Kier molecular flexibility index (Phi) is 6.45. The maximum absolute atomic E-state index is 12.0. The number of carbonyl (C=O) groups is 3. The number of carbonyl (C=O) groups excluding carboxylic acids is 1. The van der Waals surface area contributed by atoms with E-state index in [1.165, 1.54) is 18.2 Å². The lowest BCUT2D eigenvalue weighted by atomic mass is 10.1. The molecule has 0 spiro atoms. The van der Waals surface area contributed by atoms with Crippen LogP contribution in [0.5, 0.6) is 0 Å². The minimum atomic E-state index is -1.24. The molecular weight excluding hydrogens is 321 g/mol. The molecule has 8 heteroatoms. The maximum Gasteiger partial charge on any atom is 0.326 e. The van der Waals surface area contributed by atoms with E-state index in [2.05, 4.69) is 5.32 Å². The SMILES string of the molecule is O=C(O)CCC[C@@H](NC(=O)c1ccc(Cl)cc1Cl)C(=O)O. The number of hydrogen-bond donors (Lipinski definition) is 3. The van der Waals surface area contributed by atoms with E-state index in [1.54, 1.807) is 0 Å². The molecule has 0 unspecified atom stereocenters. The number of amides is 1. The Morgan fingerprint density at radius 3 is 2.38 bits per heavy atom. The molecule has 0 bridgehead atoms. The number of rotatable bonds is 7. The first kappa shape index (κ1) is 17.3. The van der Waals surface area contributed by atoms with Crippen molar-refractivity contribution in [1.29, 1.82) is 0 Å². The largest absolute Gasteiger partial charge is 0.481 e. The zero-order valence-corrected chi connectivity index (χ0v) is 12.3. The molecule has 0 aliphatic heterocycles. The standard InChI is InChI=1S/C13H13Cl2NO5/c14-7-4-5-8(9(15)6-7)12(19)16-10(13(20)21)2-1-3-11(17)18/h4-6,10H,1-3H2,(H,16,19)(H,17,18)(H,20,21)/t10-/m1/s1. The highest BCUT2D eigenvalue weighted by Gasteiger charge is 2.21. The van der Waals surface area contributed by atoms with E-state index in [0.29, 0.717) is 5.02 Å². The lowest BCUT2D eigenvalue weighted by molar-refractivity contribution is -0.140. The first-order chi connectivity index (χ1) is 9.81. The molecule has 1 amide bonds. The third kappa shape index (κ3) is 5.61. The number of benzene rings is 1. The van der Waals surface area contributed by atoms with Gasteiger partial charge in [0.15, 0.2) is 0 Å². The number of halogens is 2. The number of aliphatic carboxylic acids is 2. The van der Waals surface area contributed by atoms with Crippen molar-refractivity contribution >= 4 is 41.0 Å². The normalized spacial score (nSPS) is 11.7. The molecule has 0 fully saturated rings. The second kappa shape index (κ2) is 7.85. The van der Waals surface area contributed by atoms with E-state index in [9.17, 15) is 14.4 Å². The monoisotopic (exact) mass is 333 g/mol. The number of carboxylic acids is 2. The Morgan fingerprint density at radius 1 is 1.19 bits per heavy atom. The van der Waals surface area contributed by atoms with Gasteiger partial charge in [-0.3, -0.25) is 9.59 Å². The highest BCUT2D eigenvalue weighted by atomic mass is 35.5. The Morgan fingerprint density at radius 2 is 1.86 bits per heavy atom. The van der Waals surface area contributed by atoms with Crippen molar-refractivity contribution in [2.24, 2.45) is 0 Å². The summed E-state index contributed by atoms with van der Waals surface area (Å²) in [6, 6.07) is 3.04. The summed E-state index contributed by atoms with van der Waals surface area (Å²) in [4.78, 5) is 33.4. The number of nitrogens with one attached hydrogen (secondary N) is 1. The molecule has 0 aliphatic carbocycles. The third-order valence-corrected chi connectivity index (χ3v) is 3.21. The van der Waals surface area contributed by atoms with Gasteiger partial charge in [-0.25, -0.2) is 4.79 Å². The van der Waals surface area contributed by atoms with Crippen LogP contribution in [-0.2, 0) is 9.59 Å². The first-order valence-electron chi connectivity index (χ1n) is 6.01. The summed E-state index contributed by atoms with van der Waals surface area (Å²) < 4.78 is 0. The van der Waals surface area contributed by atoms with Crippen LogP contribution >= 0.6 is 23.2 Å². The van der Waals surface area contributed by atoms with Crippen LogP contribution in [0, 0.1) is 0 Å². The van der Waals surface area contributed by atoms with Crippen molar-refractivity contribution in [3.8, 4) is 0 Å². The summed E-state index contributed by atoms with van der Waals surface area (Å²) in [7, 11) is 0. The number of hydrogen-bond acceptors (Lipinski definition) is 3. The molecule has 1 aromatic carbocycles. The molecule has 21 heavy (non-hydrogen) atoms. The summed E-state index contributed by atoms with van der Waals surface area (Å²) in [6.45, 7) is 0. The Labute approximate surface area is 130 Å². The molecule has 1 aromatic rings. The molecule has 6 nitrogen and oxygen atoms in total. The van der Waals surface area contributed by atoms with Gasteiger partial charge in [0.25, 0.3) is 5.91 Å². The van der Waals surface area contributed by atoms with Crippen molar-refractivity contribution < 1.29 is 24.6 Å². The van der Waals surface area contributed by atoms with Crippen molar-refractivity contribution in [3.05, 3.63) is 33.8 Å². The maximum atomic E-state index is 12.0. The van der Waals surface area contributed by atoms with Crippen LogP contribution in [0.4, 0.5) is 0 Å². The number of carboxylic acid groups (broad SMARTS) is 2. The Balaban J connectivity index is 2.72. The van der Waals surface area contributed by atoms with Gasteiger partial charge in [-0.05, 0) is 31.0 Å². The van der Waals surface area contributed by atoms with Crippen molar-refractivity contribution in [2.75, 3.05) is 0 Å². The quantitative estimate of drug-likeness (QED) is 0.710. The minimum Gasteiger partial charge on any atom is -0.481 e. The molecular formula is C13H13Cl2NO5. The van der Waals surface area contributed by atoms with Gasteiger partial charge in [0.1, 0.15) is 6.04 Å². The van der Waals surface area contributed by atoms with E-state index in [-0.39, 0.29) is 29.8 Å². The van der Waals surface area contributed by atoms with E-state index < -0.39 is 23.9 Å². The smallest absolute Gasteiger partial charge is 0.326 e. The van der Waals surface area contributed by atoms with Crippen molar-refractivity contribution in [2.45, 2.75) is 25.3 Å². The molecule has 3 N–H and O–H groups in total. The van der Waals surface area contributed by atoms with E-state index in [4.69, 9.17) is 33.4 Å². The lowest BCUT2D eigenvalue weighted by Crippen LogP contribution is -2.40. The van der Waals surface area contributed by atoms with Gasteiger partial charge in [-0.15, -0.1) is 0 Å². The van der Waals surface area contributed by atoms with Gasteiger partial charge in [0.2, 0.25) is 0 Å². The lowest BCUT2D eigenvalue weighted by Gasteiger charge is -2.14. The summed E-state index contributed by atoms with van der Waals surface area (Å²) in [6.07, 6.45) is -0.0130. The fraction of sp³-hybridized carbons (Fsp3) is 0.308. The topological polar surface area (TPSA) is 104 Å². The fourth-order valence-electron chi connectivity index (χ4n) is 1.62. The van der Waals surface area contributed by atoms with Gasteiger partial charge >= 0.3 is 11.9 Å². The van der Waals surface area contributed by atoms with Crippen LogP contribution in [-0.4, -0.2) is 34.1 Å². The van der Waals surface area contributed by atoms with E-state index in [1.807, 2.05) is 0 Å². The second-order valence-electron chi connectivity index (χ2n) is 4.27. The van der Waals surface area contributed by atoms with Crippen LogP contribution in [0.1, 0.15) is 29.6 Å². The second-order valence-corrected chi connectivity index (χ2v) is 5.12. The van der Waals surface area contributed by atoms with Gasteiger partial charge < -0.3 is 15.5 Å². The zero-order valence-electron chi connectivity index (χ0n) is 10.8. The molecule has 0 heterocycles. The summed E-state index contributed by atoms with van der Waals surface area (Å²) in [5.41, 5.74) is 0.102. The predicted molar refractivity (Wildman–Crippen MR) is 76.8 cm³/mol. The van der Waals surface area contributed by atoms with Gasteiger partial charge in [0, 0.05) is 11.4 Å². The predicted octanol–water partition coefficient (Wildman–Crippen LogP) is 2.43. The Bertz CT molecular complexity index is 561. The average Bonchev–Trinajstić information content (AvgIpc) is 2.36. The summed E-state index contributed by atoms with van der Waals surface area (Å²) in [5, 5.41) is 20.3. The molecule has 1 atom stereocenters. The fourth-order valence-corrected chi connectivity index (χ4v) is 2.12. The van der Waals surface area contributed by atoms with Gasteiger partial charge in [-0.2, -0.15) is 0 Å². The molecule has 1 rings (SSSR count). The van der Waals surface area contributed by atoms with E-state index in [0.717, 1.165) is 0 Å². The highest BCUT2D eigenvalue weighted by molar-refractivity contribution is 6.36. The van der Waals surface area contributed by atoms with Gasteiger partial charge in [-0.1, -0.05) is 23.2 Å².